The number of hydrogen-bond donors (Lipinski definition) is 2. The molecule has 1 aliphatic heterocycles. The van der Waals surface area contributed by atoms with Crippen molar-refractivity contribution >= 4 is 39.1 Å². The van der Waals surface area contributed by atoms with Gasteiger partial charge in [0.25, 0.3) is 0 Å². The van der Waals surface area contributed by atoms with Crippen LogP contribution in [-0.2, 0) is 11.4 Å². The first kappa shape index (κ1) is 29.3. The Kier molecular flexibility index (Phi) is 9.64. The highest BCUT2D eigenvalue weighted by Crippen LogP contribution is 2.48. The molecule has 0 saturated carbocycles. The van der Waals surface area contributed by atoms with E-state index in [1.165, 1.54) is 0 Å². The molecule has 3 atom stereocenters. The van der Waals surface area contributed by atoms with Crippen LogP contribution in [0.5, 0.6) is 11.5 Å². The lowest BCUT2D eigenvalue weighted by atomic mass is 9.70. The number of carbonyl (C=O) groups excluding carboxylic acids is 2. The molecule has 0 bridgehead atoms. The van der Waals surface area contributed by atoms with Gasteiger partial charge in [-0.25, -0.2) is 4.79 Å². The summed E-state index contributed by atoms with van der Waals surface area (Å²) in [5, 5.41) is 15.5. The van der Waals surface area contributed by atoms with Crippen LogP contribution in [0.2, 0.25) is 0 Å². The number of aliphatic imine (C=N–C) groups is 1. The number of amides is 2. The molecule has 2 N–H and O–H groups in total. The predicted molar refractivity (Wildman–Crippen MR) is 159 cm³/mol. The fourth-order valence-electron chi connectivity index (χ4n) is 5.55. The summed E-state index contributed by atoms with van der Waals surface area (Å²) in [6.07, 6.45) is 3.24. The second kappa shape index (κ2) is 13.1. The number of allylic oxidation sites excluding steroid dienone is 2. The number of rotatable bonds is 9. The number of hydrogen-bond acceptors (Lipinski definition) is 6. The minimum Gasteiger partial charge on any atom is -0.490 e. The Labute approximate surface area is 244 Å². The van der Waals surface area contributed by atoms with E-state index in [4.69, 9.17) is 14.5 Å². The minimum absolute atomic E-state index is 0.0795. The number of urea groups is 1. The smallest absolute Gasteiger partial charge is 0.318 e. The molecule has 4 rings (SSSR count). The van der Waals surface area contributed by atoms with Crippen LogP contribution in [0.25, 0.3) is 0 Å². The molecule has 2 aromatic carbocycles. The number of nitrogens with one attached hydrogen (secondary N) is 2. The molecular formula is C31H35BrN4O4. The van der Waals surface area contributed by atoms with Crippen LogP contribution in [0.4, 0.5) is 10.5 Å². The van der Waals surface area contributed by atoms with Gasteiger partial charge in [0.2, 0.25) is 0 Å². The molecule has 9 heteroatoms. The molecule has 0 spiro atoms. The van der Waals surface area contributed by atoms with Gasteiger partial charge in [0.1, 0.15) is 6.61 Å². The maximum absolute atomic E-state index is 13.5. The lowest BCUT2D eigenvalue weighted by Crippen LogP contribution is -2.32. The standard InChI is InChI=1S/C31H35BrN4O4/c1-5-9-19-12-25-29(26(37)13-19)28(22(16-33)18(3)35-25)21-14-23(32)30(27(15-21)39-6-2)40-17-20-10-7-8-11-24(20)36-31(38)34-4/h7-8,10-11,14-15,19,22,28H,5-6,9,12-13,17H2,1-4H3,(H2,34,36,38). The minimum atomic E-state index is -0.554. The molecule has 210 valence electrons. The largest absolute Gasteiger partial charge is 0.490 e. The Hall–Kier alpha value is -3.64. The fraction of sp³-hybridized carbons (Fsp3) is 0.419. The lowest BCUT2D eigenvalue weighted by molar-refractivity contribution is -0.117. The van der Waals surface area contributed by atoms with Crippen molar-refractivity contribution in [1.29, 1.82) is 5.26 Å². The van der Waals surface area contributed by atoms with Crippen molar-refractivity contribution in [3.63, 3.8) is 0 Å². The number of para-hydroxylation sites is 1. The Balaban J connectivity index is 1.71. The molecule has 3 unspecified atom stereocenters. The maximum Gasteiger partial charge on any atom is 0.318 e. The SMILES string of the molecule is CCCC1CC(=O)C2=C(C1)N=C(C)C(C#N)C2c1cc(Br)c(OCc2ccccc2NC(=O)NC)c(OCC)c1. The van der Waals surface area contributed by atoms with Crippen molar-refractivity contribution in [2.45, 2.75) is 59.0 Å². The highest BCUT2D eigenvalue weighted by molar-refractivity contribution is 9.10. The van der Waals surface area contributed by atoms with Gasteiger partial charge in [-0.3, -0.25) is 9.79 Å². The van der Waals surface area contributed by atoms with Crippen molar-refractivity contribution in [3.05, 3.63) is 63.3 Å². The summed E-state index contributed by atoms with van der Waals surface area (Å²) in [6.45, 7) is 6.48. The summed E-state index contributed by atoms with van der Waals surface area (Å²) in [5.74, 6) is 0.387. The van der Waals surface area contributed by atoms with Crippen LogP contribution in [0.15, 0.2) is 57.1 Å². The van der Waals surface area contributed by atoms with Crippen molar-refractivity contribution in [2.24, 2.45) is 16.8 Å². The van der Waals surface area contributed by atoms with Gasteiger partial charge in [0.15, 0.2) is 17.3 Å². The highest BCUT2D eigenvalue weighted by atomic mass is 79.9. The van der Waals surface area contributed by atoms with Crippen LogP contribution in [0.3, 0.4) is 0 Å². The van der Waals surface area contributed by atoms with E-state index in [1.54, 1.807) is 7.05 Å². The lowest BCUT2D eigenvalue weighted by Gasteiger charge is -2.35. The number of halogens is 1. The van der Waals surface area contributed by atoms with Gasteiger partial charge in [-0.1, -0.05) is 31.5 Å². The second-order valence-electron chi connectivity index (χ2n) is 10.1. The summed E-state index contributed by atoms with van der Waals surface area (Å²) < 4.78 is 12.9. The van der Waals surface area contributed by atoms with Gasteiger partial charge >= 0.3 is 6.03 Å². The predicted octanol–water partition coefficient (Wildman–Crippen LogP) is 6.91. The van der Waals surface area contributed by atoms with E-state index < -0.39 is 11.8 Å². The van der Waals surface area contributed by atoms with Gasteiger partial charge < -0.3 is 20.1 Å². The van der Waals surface area contributed by atoms with Crippen LogP contribution in [0, 0.1) is 23.2 Å². The van der Waals surface area contributed by atoms with Gasteiger partial charge in [-0.2, -0.15) is 5.26 Å². The first-order valence-electron chi connectivity index (χ1n) is 13.7. The normalized spacial score (nSPS) is 20.2. The van der Waals surface area contributed by atoms with E-state index in [2.05, 4.69) is 39.6 Å². The number of nitrogens with zero attached hydrogens (tertiary/aromatic N) is 2. The van der Waals surface area contributed by atoms with Crippen LogP contribution < -0.4 is 20.1 Å². The van der Waals surface area contributed by atoms with Gasteiger partial charge in [-0.15, -0.1) is 0 Å². The molecule has 0 aromatic heterocycles. The number of ketones is 1. The Morgan fingerprint density at radius 1 is 1.20 bits per heavy atom. The Morgan fingerprint density at radius 2 is 1.98 bits per heavy atom. The number of anilines is 1. The van der Waals surface area contributed by atoms with Crippen LogP contribution >= 0.6 is 15.9 Å². The van der Waals surface area contributed by atoms with E-state index in [-0.39, 0.29) is 24.3 Å². The average molecular weight is 608 g/mol. The fourth-order valence-corrected chi connectivity index (χ4v) is 6.12. The first-order chi connectivity index (χ1) is 19.3. The zero-order valence-corrected chi connectivity index (χ0v) is 24.9. The van der Waals surface area contributed by atoms with Crippen LogP contribution in [-0.4, -0.2) is 31.2 Å². The van der Waals surface area contributed by atoms with E-state index in [9.17, 15) is 14.9 Å². The number of carbonyl (C=O) groups is 2. The number of nitriles is 1. The number of benzene rings is 2. The zero-order valence-electron chi connectivity index (χ0n) is 23.3. The molecule has 40 heavy (non-hydrogen) atoms. The van der Waals surface area contributed by atoms with E-state index in [1.807, 2.05) is 50.2 Å². The molecule has 8 nitrogen and oxygen atoms in total. The summed E-state index contributed by atoms with van der Waals surface area (Å²) >= 11 is 3.67. The van der Waals surface area contributed by atoms with Gasteiger partial charge in [0, 0.05) is 47.6 Å². The van der Waals surface area contributed by atoms with Crippen molar-refractivity contribution in [2.75, 3.05) is 19.0 Å². The monoisotopic (exact) mass is 606 g/mol. The zero-order chi connectivity index (χ0) is 28.8. The molecular weight excluding hydrogens is 572 g/mol. The van der Waals surface area contributed by atoms with E-state index >= 15 is 0 Å². The van der Waals surface area contributed by atoms with Crippen molar-refractivity contribution in [1.82, 2.24) is 5.32 Å². The van der Waals surface area contributed by atoms with Gasteiger partial charge in [0.05, 0.1) is 23.1 Å². The molecule has 0 fully saturated rings. The molecule has 2 aromatic rings. The Bertz CT molecular complexity index is 1390. The van der Waals surface area contributed by atoms with Gasteiger partial charge in [-0.05, 0) is 72.3 Å². The third-order valence-corrected chi connectivity index (χ3v) is 7.95. The number of ether oxygens (including phenoxy) is 2. The van der Waals surface area contributed by atoms with E-state index in [0.717, 1.165) is 41.8 Å². The molecule has 2 amide bonds. The molecule has 1 heterocycles. The molecule has 0 radical (unpaired) electrons. The maximum atomic E-state index is 13.5. The third-order valence-electron chi connectivity index (χ3n) is 7.36. The Morgan fingerprint density at radius 3 is 2.67 bits per heavy atom. The van der Waals surface area contributed by atoms with Crippen molar-refractivity contribution in [3.8, 4) is 17.6 Å². The van der Waals surface area contributed by atoms with Crippen LogP contribution in [0.1, 0.15) is 63.5 Å². The molecule has 1 aliphatic carbocycles. The first-order valence-corrected chi connectivity index (χ1v) is 14.5. The molecule has 0 saturated heterocycles. The quantitative estimate of drug-likeness (QED) is 0.322. The highest BCUT2D eigenvalue weighted by Gasteiger charge is 2.41. The number of Topliss-reactive ketones (excluding diaryl/α,β-unsaturated/α-hetero) is 1. The summed E-state index contributed by atoms with van der Waals surface area (Å²) in [5.41, 5.74) is 4.43. The summed E-state index contributed by atoms with van der Waals surface area (Å²) in [4.78, 5) is 30.1. The van der Waals surface area contributed by atoms with E-state index in [0.29, 0.717) is 40.3 Å². The summed E-state index contributed by atoms with van der Waals surface area (Å²) in [6, 6.07) is 13.3. The topological polar surface area (TPSA) is 113 Å². The second-order valence-corrected chi connectivity index (χ2v) is 11.0. The third kappa shape index (κ3) is 6.23. The van der Waals surface area contributed by atoms with Crippen molar-refractivity contribution < 1.29 is 19.1 Å². The molecule has 2 aliphatic rings. The average Bonchev–Trinajstić information content (AvgIpc) is 2.92. The summed E-state index contributed by atoms with van der Waals surface area (Å²) in [7, 11) is 1.56.